The molecule has 0 atom stereocenters. The van der Waals surface area contributed by atoms with E-state index in [4.69, 9.17) is 9.84 Å². The molecule has 5 heteroatoms. The van der Waals surface area contributed by atoms with Crippen molar-refractivity contribution in [3.63, 3.8) is 0 Å². The first-order valence-corrected chi connectivity index (χ1v) is 10.1. The second-order valence-corrected chi connectivity index (χ2v) is 9.49. The van der Waals surface area contributed by atoms with Gasteiger partial charge in [-0.3, -0.25) is 0 Å². The van der Waals surface area contributed by atoms with Crippen LogP contribution in [0, 0.1) is 0 Å². The third kappa shape index (κ3) is 4.66. The zero-order valence-corrected chi connectivity index (χ0v) is 17.8. The number of nitrogens with one attached hydrogen (secondary N) is 1. The molecule has 2 aromatic carbocycles. The lowest BCUT2D eigenvalue weighted by atomic mass is 9.75. The SMILES string of the molecule is CC(C)(C)c1cc(C(C)(C)c2ccc(O)cc2)ccc1OC1CC(NC(=O)O)C1. The van der Waals surface area contributed by atoms with Crippen LogP contribution in [0.1, 0.15) is 64.2 Å². The average molecular weight is 398 g/mol. The van der Waals surface area contributed by atoms with Crippen LogP contribution in [0.15, 0.2) is 42.5 Å². The van der Waals surface area contributed by atoms with Crippen molar-refractivity contribution in [1.29, 1.82) is 0 Å². The number of hydrogen-bond acceptors (Lipinski definition) is 3. The van der Waals surface area contributed by atoms with E-state index in [2.05, 4.69) is 52.1 Å². The van der Waals surface area contributed by atoms with Crippen molar-refractivity contribution in [2.45, 2.75) is 70.4 Å². The molecule has 0 aromatic heterocycles. The second-order valence-electron chi connectivity index (χ2n) is 9.49. The monoisotopic (exact) mass is 397 g/mol. The number of aromatic hydroxyl groups is 1. The van der Waals surface area contributed by atoms with Crippen LogP contribution in [0.2, 0.25) is 0 Å². The highest BCUT2D eigenvalue weighted by molar-refractivity contribution is 5.65. The van der Waals surface area contributed by atoms with Gasteiger partial charge >= 0.3 is 6.09 Å². The minimum absolute atomic E-state index is 0.0247. The molecule has 1 fully saturated rings. The van der Waals surface area contributed by atoms with Crippen LogP contribution in [0.3, 0.4) is 0 Å². The van der Waals surface area contributed by atoms with E-state index in [0.29, 0.717) is 12.8 Å². The molecule has 1 saturated carbocycles. The van der Waals surface area contributed by atoms with E-state index in [9.17, 15) is 9.90 Å². The van der Waals surface area contributed by atoms with E-state index in [0.717, 1.165) is 16.9 Å². The van der Waals surface area contributed by atoms with Gasteiger partial charge in [0.2, 0.25) is 0 Å². The summed E-state index contributed by atoms with van der Waals surface area (Å²) in [6.45, 7) is 10.9. The Hall–Kier alpha value is -2.69. The number of carbonyl (C=O) groups is 1. The number of rotatable bonds is 5. The minimum Gasteiger partial charge on any atom is -0.508 e. The number of phenols is 1. The Balaban J connectivity index is 1.85. The summed E-state index contributed by atoms with van der Waals surface area (Å²) in [7, 11) is 0. The summed E-state index contributed by atoms with van der Waals surface area (Å²) in [5, 5.41) is 20.9. The molecule has 5 nitrogen and oxygen atoms in total. The lowest BCUT2D eigenvalue weighted by Gasteiger charge is -2.37. The van der Waals surface area contributed by atoms with Crippen LogP contribution < -0.4 is 10.1 Å². The third-order valence-electron chi connectivity index (χ3n) is 5.81. The van der Waals surface area contributed by atoms with Crippen molar-refractivity contribution >= 4 is 6.09 Å². The molecule has 3 rings (SSSR count). The van der Waals surface area contributed by atoms with Crippen molar-refractivity contribution in [2.75, 3.05) is 0 Å². The van der Waals surface area contributed by atoms with Gasteiger partial charge in [-0.05, 0) is 40.3 Å². The van der Waals surface area contributed by atoms with E-state index in [-0.39, 0.29) is 28.7 Å². The quantitative estimate of drug-likeness (QED) is 0.648. The van der Waals surface area contributed by atoms with Crippen LogP contribution in [0.25, 0.3) is 0 Å². The molecule has 1 aliphatic rings. The number of ether oxygens (including phenoxy) is 1. The van der Waals surface area contributed by atoms with Gasteiger partial charge in [-0.1, -0.05) is 58.9 Å². The zero-order chi connectivity index (χ0) is 21.4. The van der Waals surface area contributed by atoms with Gasteiger partial charge in [0.1, 0.15) is 17.6 Å². The van der Waals surface area contributed by atoms with Crippen molar-refractivity contribution in [1.82, 2.24) is 5.32 Å². The Morgan fingerprint density at radius 3 is 2.14 bits per heavy atom. The van der Waals surface area contributed by atoms with Crippen molar-refractivity contribution in [3.05, 3.63) is 59.2 Å². The van der Waals surface area contributed by atoms with Gasteiger partial charge in [0.05, 0.1) is 0 Å². The molecule has 156 valence electrons. The summed E-state index contributed by atoms with van der Waals surface area (Å²) in [6, 6.07) is 13.7. The van der Waals surface area contributed by atoms with Crippen molar-refractivity contribution in [2.24, 2.45) is 0 Å². The molecule has 0 spiro atoms. The van der Waals surface area contributed by atoms with E-state index < -0.39 is 6.09 Å². The average Bonchev–Trinajstić information content (AvgIpc) is 2.59. The second kappa shape index (κ2) is 7.62. The maximum absolute atomic E-state index is 10.8. The van der Waals surface area contributed by atoms with Crippen LogP contribution in [0.5, 0.6) is 11.5 Å². The highest BCUT2D eigenvalue weighted by atomic mass is 16.5. The molecule has 2 aromatic rings. The predicted molar refractivity (Wildman–Crippen MR) is 114 cm³/mol. The van der Waals surface area contributed by atoms with Gasteiger partial charge in [-0.15, -0.1) is 0 Å². The van der Waals surface area contributed by atoms with Gasteiger partial charge in [0.25, 0.3) is 0 Å². The van der Waals surface area contributed by atoms with E-state index in [1.165, 1.54) is 5.56 Å². The molecule has 0 aliphatic heterocycles. The van der Waals surface area contributed by atoms with Gasteiger partial charge in [0.15, 0.2) is 0 Å². The predicted octanol–water partition coefficient (Wildman–Crippen LogP) is 5.19. The molecule has 3 N–H and O–H groups in total. The summed E-state index contributed by atoms with van der Waals surface area (Å²) in [6.07, 6.45) is 0.432. The standard InChI is InChI=1S/C24H31NO4/c1-23(2,3)20-12-16(24(4,5)15-6-9-18(26)10-7-15)8-11-21(20)29-19-13-17(14-19)25-22(27)28/h6-12,17,19,25-26H,13-14H2,1-5H3,(H,27,28). The zero-order valence-electron chi connectivity index (χ0n) is 17.8. The number of phenolic OH excluding ortho intramolecular Hbond substituents is 1. The lowest BCUT2D eigenvalue weighted by Crippen LogP contribution is -2.48. The number of benzene rings is 2. The minimum atomic E-state index is -0.982. The first-order chi connectivity index (χ1) is 13.5. The van der Waals surface area contributed by atoms with Crippen molar-refractivity contribution < 1.29 is 19.7 Å². The van der Waals surface area contributed by atoms with Gasteiger partial charge < -0.3 is 20.3 Å². The number of hydrogen-bond donors (Lipinski definition) is 3. The molecule has 0 bridgehead atoms. The maximum Gasteiger partial charge on any atom is 0.404 e. The summed E-state index contributed by atoms with van der Waals surface area (Å²) in [4.78, 5) is 10.8. The molecular formula is C24H31NO4. The molecule has 0 saturated heterocycles. The fourth-order valence-corrected chi connectivity index (χ4v) is 3.79. The molecule has 1 aliphatic carbocycles. The maximum atomic E-state index is 10.8. The summed E-state index contributed by atoms with van der Waals surface area (Å²) in [5.74, 6) is 1.13. The largest absolute Gasteiger partial charge is 0.508 e. The number of carboxylic acid groups (broad SMARTS) is 1. The van der Waals surface area contributed by atoms with Crippen molar-refractivity contribution in [3.8, 4) is 11.5 Å². The Bertz CT molecular complexity index is 875. The van der Waals surface area contributed by atoms with E-state index >= 15 is 0 Å². The van der Waals surface area contributed by atoms with Crippen LogP contribution >= 0.6 is 0 Å². The fraction of sp³-hybridized carbons (Fsp3) is 0.458. The van der Waals surface area contributed by atoms with E-state index in [1.807, 2.05) is 18.2 Å². The highest BCUT2D eigenvalue weighted by Crippen LogP contribution is 2.40. The van der Waals surface area contributed by atoms with Gasteiger partial charge in [0, 0.05) is 24.3 Å². The highest BCUT2D eigenvalue weighted by Gasteiger charge is 2.34. The van der Waals surface area contributed by atoms with Gasteiger partial charge in [-0.2, -0.15) is 0 Å². The third-order valence-corrected chi connectivity index (χ3v) is 5.81. The van der Waals surface area contributed by atoms with Gasteiger partial charge in [-0.25, -0.2) is 4.79 Å². The first-order valence-electron chi connectivity index (χ1n) is 10.1. The fourth-order valence-electron chi connectivity index (χ4n) is 3.79. The first kappa shape index (κ1) is 21.0. The Labute approximate surface area is 172 Å². The van der Waals surface area contributed by atoms with Crippen LogP contribution in [0.4, 0.5) is 4.79 Å². The Morgan fingerprint density at radius 1 is 1.00 bits per heavy atom. The molecule has 0 unspecified atom stereocenters. The number of amides is 1. The molecule has 29 heavy (non-hydrogen) atoms. The normalized spacial score (nSPS) is 19.3. The summed E-state index contributed by atoms with van der Waals surface area (Å²) in [5.41, 5.74) is 3.12. The molecule has 0 heterocycles. The Morgan fingerprint density at radius 2 is 1.59 bits per heavy atom. The van der Waals surface area contributed by atoms with E-state index in [1.54, 1.807) is 12.1 Å². The van der Waals surface area contributed by atoms with Crippen LogP contribution in [-0.4, -0.2) is 28.5 Å². The molecule has 1 amide bonds. The smallest absolute Gasteiger partial charge is 0.404 e. The van der Waals surface area contributed by atoms with Crippen LogP contribution in [-0.2, 0) is 10.8 Å². The molecule has 0 radical (unpaired) electrons. The summed E-state index contributed by atoms with van der Waals surface area (Å²) >= 11 is 0. The summed E-state index contributed by atoms with van der Waals surface area (Å²) < 4.78 is 6.24. The topological polar surface area (TPSA) is 78.8 Å². The Kier molecular flexibility index (Phi) is 5.52. The molecular weight excluding hydrogens is 366 g/mol. The lowest BCUT2D eigenvalue weighted by molar-refractivity contribution is 0.0816.